The Balaban J connectivity index is 3.58. The highest BCUT2D eigenvalue weighted by Crippen LogP contribution is 1.83. The normalized spacial score (nSPS) is 15.3. The van der Waals surface area contributed by atoms with Gasteiger partial charge >= 0.3 is 0 Å². The van der Waals surface area contributed by atoms with Crippen molar-refractivity contribution in [3.8, 4) is 0 Å². The predicted octanol–water partition coefficient (Wildman–Crippen LogP) is -6.97. The molecule has 0 aliphatic heterocycles. The third kappa shape index (κ3) is 7.54. The van der Waals surface area contributed by atoms with Gasteiger partial charge in [-0.05, 0) is 6.54 Å². The molecule has 0 aromatic carbocycles. The first-order valence-corrected chi connectivity index (χ1v) is 10.2. The second-order valence-electron chi connectivity index (χ2n) is 3.43. The van der Waals surface area contributed by atoms with Gasteiger partial charge in [0.05, 0.1) is 41.6 Å². The van der Waals surface area contributed by atoms with Crippen molar-refractivity contribution in [3.05, 3.63) is 0 Å². The third-order valence-electron chi connectivity index (χ3n) is 1.41. The first-order valence-electron chi connectivity index (χ1n) is 4.08. The minimum absolute atomic E-state index is 0.0719. The lowest BCUT2D eigenvalue weighted by Crippen LogP contribution is -2.46. The number of hydrogen-bond acceptors (Lipinski definition) is 3. The van der Waals surface area contributed by atoms with E-state index in [4.69, 9.17) is 0 Å². The van der Waals surface area contributed by atoms with Crippen molar-refractivity contribution in [2.75, 3.05) is 6.54 Å². The minimum Gasteiger partial charge on any atom is -0.376 e. The van der Waals surface area contributed by atoms with Crippen LogP contribution in [-0.2, 0) is 0 Å². The molecule has 0 aliphatic carbocycles. The zero-order valence-electron chi connectivity index (χ0n) is 8.46. The van der Waals surface area contributed by atoms with Gasteiger partial charge in [0.2, 0.25) is 0 Å². The van der Waals surface area contributed by atoms with Crippen LogP contribution < -0.4 is 0 Å². The highest BCUT2D eigenvalue weighted by molar-refractivity contribution is 6.62. The Morgan fingerprint density at radius 1 is 1.00 bits per heavy atom. The lowest BCUT2D eigenvalue weighted by Gasteiger charge is -2.27. The second kappa shape index (κ2) is 6.67. The Hall–Kier alpha value is 1.18. The summed E-state index contributed by atoms with van der Waals surface area (Å²) in [6.07, 6.45) is 0. The maximum Gasteiger partial charge on any atom is 0.152 e. The summed E-state index contributed by atoms with van der Waals surface area (Å²) in [5.41, 5.74) is 0. The van der Waals surface area contributed by atoms with E-state index in [1.54, 1.807) is 0 Å². The summed E-state index contributed by atoms with van der Waals surface area (Å²) in [6.45, 7) is 3.64. The largest absolute Gasteiger partial charge is 0.376 e. The highest BCUT2D eigenvalue weighted by Gasteiger charge is 2.04. The molecule has 0 bridgehead atoms. The molecule has 0 saturated carbocycles. The molecule has 0 aromatic heterocycles. The Bertz CT molecular complexity index is 87.8. The highest BCUT2D eigenvalue weighted by atomic mass is 28.4. The molecule has 0 radical (unpaired) electrons. The number of nitrogens with zero attached hydrogens (tertiary/aromatic N) is 3. The molecule has 0 unspecified atom stereocenters. The Morgan fingerprint density at radius 3 is 1.55 bits per heavy atom. The van der Waals surface area contributed by atoms with E-state index in [2.05, 4.69) is 18.9 Å². The molecule has 3 nitrogen and oxygen atoms in total. The van der Waals surface area contributed by atoms with Gasteiger partial charge in [-0.25, -0.2) is 0 Å². The fourth-order valence-electron chi connectivity index (χ4n) is 1.04. The van der Waals surface area contributed by atoms with E-state index in [0.717, 1.165) is 0 Å². The summed E-state index contributed by atoms with van der Waals surface area (Å²) in [5.74, 6) is 0. The first kappa shape index (κ1) is 12.2. The number of rotatable bonds is 5. The van der Waals surface area contributed by atoms with Crippen molar-refractivity contribution in [2.24, 2.45) is 0 Å². The molecule has 0 heterocycles. The minimum atomic E-state index is 0.0719. The molecule has 0 atom stereocenters. The van der Waals surface area contributed by atoms with Crippen LogP contribution in [-0.4, -0.2) is 79.9 Å². The van der Waals surface area contributed by atoms with Crippen LogP contribution in [0.1, 0.15) is 6.92 Å². The maximum atomic E-state index is 2.79. The average molecular weight is 256 g/mol. The second-order valence-corrected chi connectivity index (χ2v) is 24.0. The van der Waals surface area contributed by atoms with Gasteiger partial charge in [0.1, 0.15) is 0 Å². The van der Waals surface area contributed by atoms with E-state index in [0.29, 0.717) is 0 Å². The molecule has 0 fully saturated rings. The Morgan fingerprint density at radius 2 is 1.36 bits per heavy atom. The van der Waals surface area contributed by atoms with Gasteiger partial charge in [-0.15, -0.1) is 0 Å². The molecule has 0 saturated heterocycles. The quantitative estimate of drug-likeness (QED) is 0.452. The summed E-state index contributed by atoms with van der Waals surface area (Å²) in [7, 11) is 5.40. The van der Waals surface area contributed by atoms with Crippen molar-refractivity contribution >= 4 is 61.3 Å². The average Bonchev–Trinajstić information content (AvgIpc) is 1.84. The van der Waals surface area contributed by atoms with Crippen molar-refractivity contribution in [1.82, 2.24) is 12.0 Å². The lowest BCUT2D eigenvalue weighted by atomic mass is 10.8. The summed E-state index contributed by atoms with van der Waals surface area (Å²) in [5, 5.41) is 0. The fourth-order valence-corrected chi connectivity index (χ4v) is 15.4. The molecule has 0 amide bonds. The van der Waals surface area contributed by atoms with E-state index in [-0.39, 0.29) is 19.7 Å². The molecule has 0 spiro atoms. The van der Waals surface area contributed by atoms with Gasteiger partial charge in [0.15, 0.2) is 19.7 Å². The SMILES string of the molecule is CCN([SiH2]N([SiH3])[SiH3])[SiH2]N([SiH3])[SiH3]. The fraction of sp³-hybridized carbons (Fsp3) is 1.00. The molecule has 68 valence electrons. The van der Waals surface area contributed by atoms with Gasteiger partial charge in [0, 0.05) is 0 Å². The molecule has 0 aliphatic rings. The summed E-state index contributed by atoms with van der Waals surface area (Å²) >= 11 is 0. The predicted molar refractivity (Wildman–Crippen MR) is 72.9 cm³/mol. The maximum absolute atomic E-state index is 2.79. The van der Waals surface area contributed by atoms with Crippen molar-refractivity contribution < 1.29 is 0 Å². The van der Waals surface area contributed by atoms with Crippen molar-refractivity contribution in [2.45, 2.75) is 6.92 Å². The van der Waals surface area contributed by atoms with Crippen LogP contribution in [0.15, 0.2) is 0 Å². The number of hydrogen-bond donors (Lipinski definition) is 0. The molecule has 9 heteroatoms. The molecule has 0 aromatic rings. The van der Waals surface area contributed by atoms with Crippen LogP contribution in [0.2, 0.25) is 0 Å². The van der Waals surface area contributed by atoms with Gasteiger partial charge < -0.3 is 12.0 Å². The molecular weight excluding hydrogens is 235 g/mol. The van der Waals surface area contributed by atoms with Crippen LogP contribution >= 0.6 is 0 Å². The van der Waals surface area contributed by atoms with Gasteiger partial charge in [-0.1, -0.05) is 6.92 Å². The summed E-state index contributed by atoms with van der Waals surface area (Å²) in [4.78, 5) is 0. The summed E-state index contributed by atoms with van der Waals surface area (Å²) < 4.78 is 8.13. The molecule has 11 heavy (non-hydrogen) atoms. The Labute approximate surface area is 86.9 Å². The van der Waals surface area contributed by atoms with Crippen LogP contribution in [0.25, 0.3) is 0 Å². The standard InChI is InChI=1S/C2H21N3Si6/c1-2-3(10-4(6)7)11-5(8)9/h2,10-11H2,1,6-9H3. The van der Waals surface area contributed by atoms with Crippen molar-refractivity contribution in [3.63, 3.8) is 0 Å². The van der Waals surface area contributed by atoms with Crippen LogP contribution in [0.4, 0.5) is 0 Å². The van der Waals surface area contributed by atoms with E-state index in [9.17, 15) is 0 Å². The smallest absolute Gasteiger partial charge is 0.152 e. The zero-order valence-corrected chi connectivity index (χ0v) is 19.3. The third-order valence-corrected chi connectivity index (χ3v) is 8.83. The van der Waals surface area contributed by atoms with Crippen LogP contribution in [0, 0.1) is 0 Å². The van der Waals surface area contributed by atoms with Crippen molar-refractivity contribution in [1.29, 1.82) is 0 Å². The molecular formula is C2H21N3Si6. The van der Waals surface area contributed by atoms with Crippen LogP contribution in [0.3, 0.4) is 0 Å². The van der Waals surface area contributed by atoms with E-state index in [1.807, 2.05) is 0 Å². The summed E-state index contributed by atoms with van der Waals surface area (Å²) in [6, 6.07) is 0. The van der Waals surface area contributed by atoms with Gasteiger partial charge in [-0.3, -0.25) is 0 Å². The van der Waals surface area contributed by atoms with E-state index >= 15 is 0 Å². The zero-order chi connectivity index (χ0) is 8.85. The topological polar surface area (TPSA) is 9.72 Å². The van der Waals surface area contributed by atoms with Crippen LogP contribution in [0.5, 0.6) is 0 Å². The molecule has 0 rings (SSSR count). The van der Waals surface area contributed by atoms with E-state index in [1.165, 1.54) is 48.2 Å². The van der Waals surface area contributed by atoms with Gasteiger partial charge in [-0.2, -0.15) is 0 Å². The first-order chi connectivity index (χ1) is 5.06. The lowest BCUT2D eigenvalue weighted by molar-refractivity contribution is 0.667. The monoisotopic (exact) mass is 255 g/mol. The molecule has 0 N–H and O–H groups in total. The van der Waals surface area contributed by atoms with Gasteiger partial charge in [0.25, 0.3) is 0 Å². The van der Waals surface area contributed by atoms with E-state index < -0.39 is 0 Å². The Kier molecular flexibility index (Phi) is 7.39.